The standard InChI is InChI=1S/C24H30N4O5/c1-12-8-10-14(19(29)16(12)23(32)27(6)7)28(25)18-17(20(30)21(18)31)26-22(24(3,4)5)15-11-9-13(2)33-15/h8-11,22,26,29H,25H2,1-7H3/t22-/m0/s1. The molecule has 9 heteroatoms. The summed E-state index contributed by atoms with van der Waals surface area (Å²) in [6.07, 6.45) is 0. The van der Waals surface area contributed by atoms with Crippen molar-refractivity contribution < 1.29 is 14.3 Å². The topological polar surface area (TPSA) is 129 Å². The summed E-state index contributed by atoms with van der Waals surface area (Å²) >= 11 is 0. The summed E-state index contributed by atoms with van der Waals surface area (Å²) in [6, 6.07) is 6.32. The van der Waals surface area contributed by atoms with Crippen LogP contribution in [0.15, 0.2) is 38.3 Å². The van der Waals surface area contributed by atoms with E-state index in [1.807, 2.05) is 39.8 Å². The fourth-order valence-corrected chi connectivity index (χ4v) is 3.70. The SMILES string of the molecule is Cc1ccc([C@H](Nc2c(N(N)c3ccc(C)c(C(=O)N(C)C)c3O)c(=O)c2=O)C(C)(C)C)o1. The first-order chi connectivity index (χ1) is 15.3. The lowest BCUT2D eigenvalue weighted by atomic mass is 9.84. The van der Waals surface area contributed by atoms with Crippen LogP contribution in [-0.4, -0.2) is 30.0 Å². The molecule has 0 radical (unpaired) electrons. The molecule has 0 unspecified atom stereocenters. The van der Waals surface area contributed by atoms with Crippen LogP contribution >= 0.6 is 0 Å². The Balaban J connectivity index is 2.06. The van der Waals surface area contributed by atoms with Crippen molar-refractivity contribution in [3.8, 4) is 5.75 Å². The van der Waals surface area contributed by atoms with Crippen molar-refractivity contribution in [2.45, 2.75) is 40.7 Å². The molecule has 1 amide bonds. The highest BCUT2D eigenvalue weighted by Gasteiger charge is 2.35. The van der Waals surface area contributed by atoms with Gasteiger partial charge in [-0.2, -0.15) is 0 Å². The number of hydrazine groups is 1. The van der Waals surface area contributed by atoms with Crippen LogP contribution < -0.4 is 27.0 Å². The minimum atomic E-state index is -0.788. The van der Waals surface area contributed by atoms with E-state index in [1.165, 1.54) is 11.0 Å². The largest absolute Gasteiger partial charge is 0.505 e. The van der Waals surface area contributed by atoms with Gasteiger partial charge in [0.05, 0.1) is 11.6 Å². The number of amides is 1. The van der Waals surface area contributed by atoms with Gasteiger partial charge in [0, 0.05) is 14.1 Å². The number of phenols is 1. The van der Waals surface area contributed by atoms with Crippen molar-refractivity contribution in [3.63, 3.8) is 0 Å². The summed E-state index contributed by atoms with van der Waals surface area (Å²) in [5, 5.41) is 14.9. The highest BCUT2D eigenvalue weighted by atomic mass is 16.3. The van der Waals surface area contributed by atoms with Gasteiger partial charge in [-0.1, -0.05) is 26.8 Å². The number of rotatable bonds is 6. The van der Waals surface area contributed by atoms with Gasteiger partial charge in [-0.25, -0.2) is 5.84 Å². The van der Waals surface area contributed by atoms with Gasteiger partial charge in [0.15, 0.2) is 5.75 Å². The normalized spacial score (nSPS) is 12.6. The third-order valence-corrected chi connectivity index (χ3v) is 5.57. The van der Waals surface area contributed by atoms with Crippen molar-refractivity contribution in [2.24, 2.45) is 11.3 Å². The van der Waals surface area contributed by atoms with Crippen LogP contribution in [-0.2, 0) is 0 Å². The third kappa shape index (κ3) is 4.23. The molecule has 1 aromatic heterocycles. The van der Waals surface area contributed by atoms with Crippen LogP contribution in [0.2, 0.25) is 0 Å². The zero-order chi connectivity index (χ0) is 24.8. The average Bonchev–Trinajstić information content (AvgIpc) is 3.14. The first kappa shape index (κ1) is 24.1. The Labute approximate surface area is 192 Å². The van der Waals surface area contributed by atoms with E-state index in [2.05, 4.69) is 5.32 Å². The summed E-state index contributed by atoms with van der Waals surface area (Å²) in [5.74, 6) is 6.77. The number of benzene rings is 1. The molecule has 3 rings (SSSR count). The number of anilines is 3. The molecule has 1 heterocycles. The van der Waals surface area contributed by atoms with Crippen molar-refractivity contribution in [1.29, 1.82) is 0 Å². The van der Waals surface area contributed by atoms with E-state index < -0.39 is 22.8 Å². The van der Waals surface area contributed by atoms with Gasteiger partial charge in [-0.15, -0.1) is 0 Å². The van der Waals surface area contributed by atoms with Crippen molar-refractivity contribution in [2.75, 3.05) is 24.4 Å². The number of phenolic OH excluding ortho intramolecular Hbond substituents is 1. The van der Waals surface area contributed by atoms with Gasteiger partial charge in [0.2, 0.25) is 0 Å². The number of nitrogens with zero attached hydrogens (tertiary/aromatic N) is 2. The minimum Gasteiger partial charge on any atom is -0.505 e. The average molecular weight is 455 g/mol. The summed E-state index contributed by atoms with van der Waals surface area (Å²) in [7, 11) is 3.13. The predicted molar refractivity (Wildman–Crippen MR) is 128 cm³/mol. The van der Waals surface area contributed by atoms with Gasteiger partial charge in [0.25, 0.3) is 16.8 Å². The highest BCUT2D eigenvalue weighted by Crippen LogP contribution is 2.40. The molecular formula is C24H30N4O5. The summed E-state index contributed by atoms with van der Waals surface area (Å²) in [6.45, 7) is 9.42. The van der Waals surface area contributed by atoms with Crippen molar-refractivity contribution in [3.05, 3.63) is 67.4 Å². The molecule has 0 fully saturated rings. The lowest BCUT2D eigenvalue weighted by molar-refractivity contribution is 0.0824. The van der Waals surface area contributed by atoms with E-state index in [0.717, 1.165) is 10.8 Å². The van der Waals surface area contributed by atoms with E-state index in [1.54, 1.807) is 27.1 Å². The van der Waals surface area contributed by atoms with Crippen LogP contribution in [0.4, 0.5) is 17.1 Å². The number of carbonyl (C=O) groups excluding carboxylic acids is 1. The Kier molecular flexibility index (Phi) is 6.12. The zero-order valence-electron chi connectivity index (χ0n) is 19.9. The molecule has 2 aromatic carbocycles. The van der Waals surface area contributed by atoms with E-state index >= 15 is 0 Å². The molecular weight excluding hydrogens is 424 g/mol. The molecule has 0 bridgehead atoms. The highest BCUT2D eigenvalue weighted by molar-refractivity contribution is 6.00. The van der Waals surface area contributed by atoms with E-state index in [4.69, 9.17) is 10.3 Å². The summed E-state index contributed by atoms with van der Waals surface area (Å²) < 4.78 is 5.77. The second kappa shape index (κ2) is 8.40. The number of hydrogen-bond donors (Lipinski definition) is 3. The molecule has 0 saturated heterocycles. The minimum absolute atomic E-state index is 0.0249. The molecule has 9 nitrogen and oxygen atoms in total. The molecule has 176 valence electrons. The number of nitrogens with one attached hydrogen (secondary N) is 1. The number of carbonyl (C=O) groups is 1. The van der Waals surface area contributed by atoms with Gasteiger partial charge in [-0.05, 0) is 43.0 Å². The van der Waals surface area contributed by atoms with Crippen LogP contribution in [0, 0.1) is 19.3 Å². The Morgan fingerprint density at radius 2 is 1.73 bits per heavy atom. The zero-order valence-corrected chi connectivity index (χ0v) is 19.9. The fourth-order valence-electron chi connectivity index (χ4n) is 3.70. The first-order valence-electron chi connectivity index (χ1n) is 10.5. The van der Waals surface area contributed by atoms with Crippen molar-refractivity contribution in [1.82, 2.24) is 4.90 Å². The Bertz CT molecular complexity index is 1280. The molecule has 1 atom stereocenters. The van der Waals surface area contributed by atoms with Gasteiger partial charge >= 0.3 is 0 Å². The third-order valence-electron chi connectivity index (χ3n) is 5.57. The maximum Gasteiger partial charge on any atom is 0.257 e. The number of aryl methyl sites for hydroxylation is 2. The molecule has 0 spiro atoms. The monoisotopic (exact) mass is 454 g/mol. The van der Waals surface area contributed by atoms with E-state index in [9.17, 15) is 19.5 Å². The summed E-state index contributed by atoms with van der Waals surface area (Å²) in [4.78, 5) is 38.9. The number of furan rings is 1. The second-order valence-electron chi connectivity index (χ2n) is 9.47. The Morgan fingerprint density at radius 1 is 1.09 bits per heavy atom. The van der Waals surface area contributed by atoms with E-state index in [0.29, 0.717) is 11.3 Å². The predicted octanol–water partition coefficient (Wildman–Crippen LogP) is 3.11. The van der Waals surface area contributed by atoms with Gasteiger partial charge < -0.3 is 19.7 Å². The number of nitrogens with two attached hydrogens (primary N) is 1. The molecule has 0 aliphatic carbocycles. The van der Waals surface area contributed by atoms with E-state index in [-0.39, 0.29) is 33.8 Å². The molecule has 0 aliphatic heterocycles. The smallest absolute Gasteiger partial charge is 0.257 e. The summed E-state index contributed by atoms with van der Waals surface area (Å²) in [5.41, 5.74) is -1.30. The molecule has 4 N–H and O–H groups in total. The maximum atomic E-state index is 12.6. The molecule has 3 aromatic rings. The Morgan fingerprint density at radius 3 is 2.24 bits per heavy atom. The fraction of sp³-hybridized carbons (Fsp3) is 0.375. The first-order valence-corrected chi connectivity index (χ1v) is 10.5. The molecule has 0 aliphatic rings. The van der Waals surface area contributed by atoms with Crippen LogP contribution in [0.1, 0.15) is 54.3 Å². The number of aromatic hydroxyl groups is 1. The van der Waals surface area contributed by atoms with Crippen LogP contribution in [0.5, 0.6) is 5.75 Å². The van der Waals surface area contributed by atoms with Gasteiger partial charge in [0.1, 0.15) is 28.6 Å². The molecule has 0 saturated carbocycles. The van der Waals surface area contributed by atoms with Crippen LogP contribution in [0.3, 0.4) is 0 Å². The Hall–Kier alpha value is -3.59. The van der Waals surface area contributed by atoms with Crippen LogP contribution in [0.25, 0.3) is 0 Å². The quantitative estimate of drug-likeness (QED) is 0.294. The molecule has 33 heavy (non-hydrogen) atoms. The second-order valence-corrected chi connectivity index (χ2v) is 9.47. The van der Waals surface area contributed by atoms with Crippen molar-refractivity contribution >= 4 is 23.0 Å². The number of hydrogen-bond acceptors (Lipinski definition) is 8. The lowest BCUT2D eigenvalue weighted by Crippen LogP contribution is -2.45. The van der Waals surface area contributed by atoms with Gasteiger partial charge in [-0.3, -0.25) is 19.4 Å². The lowest BCUT2D eigenvalue weighted by Gasteiger charge is -2.33. The maximum absolute atomic E-state index is 12.6.